The summed E-state index contributed by atoms with van der Waals surface area (Å²) < 4.78 is 15.3. The molecule has 2 aromatic heterocycles. The molecular weight excluding hydrogens is 253 g/mol. The predicted molar refractivity (Wildman–Crippen MR) is 77.1 cm³/mol. The maximum atomic E-state index is 13.2. The van der Waals surface area contributed by atoms with Gasteiger partial charge >= 0.3 is 0 Å². The second-order valence-corrected chi connectivity index (χ2v) is 5.43. The Balaban J connectivity index is 1.82. The third kappa shape index (κ3) is 2.75. The summed E-state index contributed by atoms with van der Waals surface area (Å²) in [5.74, 6) is -0.273. The van der Waals surface area contributed by atoms with Crippen molar-refractivity contribution in [1.82, 2.24) is 14.9 Å². The number of rotatable bonds is 4. The summed E-state index contributed by atoms with van der Waals surface area (Å²) in [5, 5.41) is 3.54. The van der Waals surface area contributed by atoms with E-state index in [9.17, 15) is 4.39 Å². The first-order valence-corrected chi connectivity index (χ1v) is 7.27. The van der Waals surface area contributed by atoms with Gasteiger partial charge in [0.25, 0.3) is 0 Å². The zero-order valence-corrected chi connectivity index (χ0v) is 11.8. The van der Waals surface area contributed by atoms with Crippen LogP contribution in [-0.4, -0.2) is 16.1 Å². The van der Waals surface area contributed by atoms with E-state index in [2.05, 4.69) is 34.2 Å². The van der Waals surface area contributed by atoms with Crippen molar-refractivity contribution in [3.63, 3.8) is 0 Å². The van der Waals surface area contributed by atoms with Crippen molar-refractivity contribution >= 4 is 0 Å². The Morgan fingerprint density at radius 3 is 3.10 bits per heavy atom. The summed E-state index contributed by atoms with van der Waals surface area (Å²) >= 11 is 0. The van der Waals surface area contributed by atoms with Crippen molar-refractivity contribution in [2.24, 2.45) is 0 Å². The number of nitrogens with zero attached hydrogens (tertiary/aromatic N) is 2. The van der Waals surface area contributed by atoms with E-state index in [1.54, 1.807) is 12.3 Å². The van der Waals surface area contributed by atoms with Crippen molar-refractivity contribution in [1.29, 1.82) is 0 Å². The summed E-state index contributed by atoms with van der Waals surface area (Å²) in [6.07, 6.45) is 10.9. The average molecular weight is 273 g/mol. The van der Waals surface area contributed by atoms with Crippen molar-refractivity contribution < 1.29 is 4.39 Å². The zero-order chi connectivity index (χ0) is 13.9. The van der Waals surface area contributed by atoms with Gasteiger partial charge in [0, 0.05) is 31.2 Å². The third-order valence-corrected chi connectivity index (χ3v) is 3.89. The Morgan fingerprint density at radius 1 is 1.40 bits per heavy atom. The van der Waals surface area contributed by atoms with Gasteiger partial charge in [-0.1, -0.05) is 6.92 Å². The number of pyridine rings is 1. The molecule has 106 valence electrons. The molecule has 3 rings (SSSR count). The smallest absolute Gasteiger partial charge is 0.141 e. The minimum absolute atomic E-state index is 0.273. The van der Waals surface area contributed by atoms with Crippen LogP contribution in [0.4, 0.5) is 4.39 Å². The van der Waals surface area contributed by atoms with Gasteiger partial charge < -0.3 is 9.88 Å². The first kappa shape index (κ1) is 13.3. The lowest BCUT2D eigenvalue weighted by Gasteiger charge is -2.22. The molecule has 1 N–H and O–H groups in total. The average Bonchev–Trinajstić information content (AvgIpc) is 2.82. The number of hydrogen-bond acceptors (Lipinski definition) is 2. The number of nitrogens with one attached hydrogen (secondary N) is 1. The summed E-state index contributed by atoms with van der Waals surface area (Å²) in [5.41, 5.74) is 3.73. The van der Waals surface area contributed by atoms with Gasteiger partial charge in [0.2, 0.25) is 0 Å². The van der Waals surface area contributed by atoms with E-state index >= 15 is 0 Å². The van der Waals surface area contributed by atoms with Crippen LogP contribution in [0.15, 0.2) is 30.9 Å². The molecule has 0 fully saturated rings. The maximum absolute atomic E-state index is 13.2. The van der Waals surface area contributed by atoms with Gasteiger partial charge in [-0.15, -0.1) is 0 Å². The molecule has 1 aliphatic rings. The molecule has 0 bridgehead atoms. The van der Waals surface area contributed by atoms with Gasteiger partial charge in [0.15, 0.2) is 0 Å². The first-order chi connectivity index (χ1) is 9.76. The van der Waals surface area contributed by atoms with Gasteiger partial charge in [0.1, 0.15) is 5.82 Å². The number of aryl methyl sites for hydroxylation is 1. The third-order valence-electron chi connectivity index (χ3n) is 3.89. The van der Waals surface area contributed by atoms with Crippen molar-refractivity contribution in [3.05, 3.63) is 53.4 Å². The molecule has 0 spiro atoms. The number of aromatic nitrogens is 2. The zero-order valence-electron chi connectivity index (χ0n) is 11.8. The lowest BCUT2D eigenvalue weighted by molar-refractivity contribution is 0.473. The normalized spacial score (nSPS) is 18.0. The molecule has 1 aliphatic carbocycles. The minimum Gasteiger partial charge on any atom is -0.349 e. The summed E-state index contributed by atoms with van der Waals surface area (Å²) in [6.45, 7) is 3.81. The van der Waals surface area contributed by atoms with Crippen molar-refractivity contribution in [2.75, 3.05) is 6.54 Å². The van der Waals surface area contributed by atoms with Crippen LogP contribution >= 0.6 is 0 Å². The monoisotopic (exact) mass is 273 g/mol. The second-order valence-electron chi connectivity index (χ2n) is 5.43. The molecule has 0 saturated heterocycles. The SMILES string of the molecule is CCNC1CCCc2cn(Cc3cncc(F)c3)cc21. The molecular formula is C16H20FN3. The van der Waals surface area contributed by atoms with E-state index in [4.69, 9.17) is 0 Å². The molecule has 4 heteroatoms. The Labute approximate surface area is 118 Å². The van der Waals surface area contributed by atoms with Gasteiger partial charge in [0.05, 0.1) is 6.20 Å². The van der Waals surface area contributed by atoms with Crippen LogP contribution in [0.2, 0.25) is 0 Å². The quantitative estimate of drug-likeness (QED) is 0.928. The molecule has 2 heterocycles. The highest BCUT2D eigenvalue weighted by Gasteiger charge is 2.21. The molecule has 3 nitrogen and oxygen atoms in total. The van der Waals surface area contributed by atoms with Crippen molar-refractivity contribution in [3.8, 4) is 0 Å². The molecule has 0 saturated carbocycles. The fourth-order valence-electron chi connectivity index (χ4n) is 3.05. The van der Waals surface area contributed by atoms with Gasteiger partial charge in [-0.2, -0.15) is 0 Å². The van der Waals surface area contributed by atoms with Gasteiger partial charge in [-0.05, 0) is 48.6 Å². The predicted octanol–water partition coefficient (Wildman–Crippen LogP) is 3.06. The van der Waals surface area contributed by atoms with Crippen LogP contribution in [0.3, 0.4) is 0 Å². The fourth-order valence-corrected chi connectivity index (χ4v) is 3.05. The molecule has 1 atom stereocenters. The van der Waals surface area contributed by atoms with Crippen LogP contribution in [0, 0.1) is 5.82 Å². The first-order valence-electron chi connectivity index (χ1n) is 7.27. The second kappa shape index (κ2) is 5.75. The van der Waals surface area contributed by atoms with Gasteiger partial charge in [-0.3, -0.25) is 4.98 Å². The lowest BCUT2D eigenvalue weighted by Crippen LogP contribution is -2.23. The van der Waals surface area contributed by atoms with E-state index in [0.29, 0.717) is 12.6 Å². The molecule has 0 radical (unpaired) electrons. The fraction of sp³-hybridized carbons (Fsp3) is 0.438. The number of halogens is 1. The topological polar surface area (TPSA) is 29.9 Å². The minimum atomic E-state index is -0.273. The molecule has 20 heavy (non-hydrogen) atoms. The molecule has 2 aromatic rings. The molecule has 0 aromatic carbocycles. The Morgan fingerprint density at radius 2 is 2.30 bits per heavy atom. The van der Waals surface area contributed by atoms with E-state index in [1.807, 2.05) is 0 Å². The summed E-state index contributed by atoms with van der Waals surface area (Å²) in [4.78, 5) is 3.91. The van der Waals surface area contributed by atoms with Crippen LogP contribution in [0.1, 0.15) is 42.5 Å². The maximum Gasteiger partial charge on any atom is 0.141 e. The van der Waals surface area contributed by atoms with E-state index < -0.39 is 0 Å². The Kier molecular flexibility index (Phi) is 3.83. The van der Waals surface area contributed by atoms with Crippen LogP contribution < -0.4 is 5.32 Å². The van der Waals surface area contributed by atoms with Crippen LogP contribution in [0.5, 0.6) is 0 Å². The summed E-state index contributed by atoms with van der Waals surface area (Å²) in [7, 11) is 0. The highest BCUT2D eigenvalue weighted by molar-refractivity contribution is 5.31. The standard InChI is InChI=1S/C16H20FN3/c1-2-19-16-5-3-4-13-10-20(11-15(13)16)9-12-6-14(17)8-18-7-12/h6-8,10-11,16,19H,2-5,9H2,1H3. The largest absolute Gasteiger partial charge is 0.349 e. The molecule has 1 unspecified atom stereocenters. The Bertz CT molecular complexity index is 591. The summed E-state index contributed by atoms with van der Waals surface area (Å²) in [6, 6.07) is 2.02. The van der Waals surface area contributed by atoms with E-state index in [0.717, 1.165) is 18.5 Å². The Hall–Kier alpha value is -1.68. The van der Waals surface area contributed by atoms with E-state index in [-0.39, 0.29) is 5.82 Å². The van der Waals surface area contributed by atoms with Gasteiger partial charge in [-0.25, -0.2) is 4.39 Å². The number of fused-ring (bicyclic) bond motifs is 1. The van der Waals surface area contributed by atoms with Crippen molar-refractivity contribution in [2.45, 2.75) is 38.8 Å². The highest BCUT2D eigenvalue weighted by Crippen LogP contribution is 2.30. The highest BCUT2D eigenvalue weighted by atomic mass is 19.1. The lowest BCUT2D eigenvalue weighted by atomic mass is 9.91. The number of hydrogen-bond donors (Lipinski definition) is 1. The van der Waals surface area contributed by atoms with E-state index in [1.165, 1.54) is 30.2 Å². The van der Waals surface area contributed by atoms with Crippen LogP contribution in [0.25, 0.3) is 0 Å². The molecule has 0 amide bonds. The van der Waals surface area contributed by atoms with Crippen LogP contribution in [-0.2, 0) is 13.0 Å². The molecule has 0 aliphatic heterocycles.